The van der Waals surface area contributed by atoms with Crippen LogP contribution in [0.2, 0.25) is 10.0 Å². The van der Waals surface area contributed by atoms with E-state index in [1.807, 2.05) is 54.6 Å². The van der Waals surface area contributed by atoms with Gasteiger partial charge in [-0.1, -0.05) is 40.9 Å². The van der Waals surface area contributed by atoms with Gasteiger partial charge in [-0.05, 0) is 90.0 Å². The smallest absolute Gasteiger partial charge is 0.335 e. The molecule has 0 bridgehead atoms. The molecule has 0 aromatic heterocycles. The minimum atomic E-state index is -0.916. The average molecular weight is 694 g/mol. The molecule has 1 aliphatic rings. The topological polar surface area (TPSA) is 114 Å². The van der Waals surface area contributed by atoms with E-state index in [2.05, 4.69) is 10.6 Å². The number of methoxy groups -OCH3 is 1. The van der Waals surface area contributed by atoms with E-state index in [0.717, 1.165) is 16.0 Å². The Bertz CT molecular complexity index is 1590. The molecule has 0 unspecified atom stereocenters. The van der Waals surface area contributed by atoms with Crippen molar-refractivity contribution in [3.8, 4) is 11.5 Å². The maximum atomic E-state index is 13.2. The summed E-state index contributed by atoms with van der Waals surface area (Å²) in [5.74, 6) is -1.46. The van der Waals surface area contributed by atoms with Crippen molar-refractivity contribution in [1.29, 1.82) is 0 Å². The molecule has 1 fully saturated rings. The lowest BCUT2D eigenvalue weighted by Gasteiger charge is -2.26. The molecular weight excluding hydrogens is 672 g/mol. The molecule has 0 atom stereocenters. The summed E-state index contributed by atoms with van der Waals surface area (Å²) < 4.78 is 11.8. The first kappa shape index (κ1) is 29.4. The van der Waals surface area contributed by atoms with Gasteiger partial charge in [0.1, 0.15) is 5.57 Å². The van der Waals surface area contributed by atoms with E-state index in [0.29, 0.717) is 20.6 Å². The van der Waals surface area contributed by atoms with Gasteiger partial charge in [0.2, 0.25) is 0 Å². The third-order valence-corrected chi connectivity index (χ3v) is 7.37. The summed E-state index contributed by atoms with van der Waals surface area (Å²) in [6, 6.07) is 12.2. The van der Waals surface area contributed by atoms with Crippen LogP contribution in [0.15, 0.2) is 54.1 Å². The predicted octanol–water partition coefficient (Wildman–Crippen LogP) is 5.91. The van der Waals surface area contributed by atoms with Crippen molar-refractivity contribution in [3.05, 3.63) is 84.4 Å². The summed E-state index contributed by atoms with van der Waals surface area (Å²) >= 11 is 14.0. The predicted molar refractivity (Wildman–Crippen MR) is 161 cm³/mol. The van der Waals surface area contributed by atoms with Gasteiger partial charge in [0, 0.05) is 5.69 Å². The van der Waals surface area contributed by atoms with Crippen molar-refractivity contribution in [1.82, 2.24) is 5.32 Å². The molecule has 12 heteroatoms. The molecule has 3 aromatic carbocycles. The Morgan fingerprint density at radius 3 is 2.48 bits per heavy atom. The SMILES string of the molecule is COc1cc(/C=C2/C(=O)NC(=O)N(c3ccc(Cl)c(Cl)c3)C2=O)cc(I)c1OCC(=O)Nc1ccc(C)cc1C. The van der Waals surface area contributed by atoms with E-state index in [9.17, 15) is 19.2 Å². The van der Waals surface area contributed by atoms with Crippen molar-refractivity contribution in [2.45, 2.75) is 13.8 Å². The zero-order valence-corrected chi connectivity index (χ0v) is 25.1. The fraction of sp³-hybridized carbons (Fsp3) is 0.143. The van der Waals surface area contributed by atoms with E-state index in [1.54, 1.807) is 12.1 Å². The lowest BCUT2D eigenvalue weighted by Crippen LogP contribution is -2.54. The quantitative estimate of drug-likeness (QED) is 0.181. The van der Waals surface area contributed by atoms with Crippen molar-refractivity contribution in [3.63, 3.8) is 0 Å². The van der Waals surface area contributed by atoms with Gasteiger partial charge in [-0.15, -0.1) is 0 Å². The number of anilines is 2. The fourth-order valence-corrected chi connectivity index (χ4v) is 5.00. The minimum absolute atomic E-state index is 0.139. The first-order chi connectivity index (χ1) is 19.0. The van der Waals surface area contributed by atoms with E-state index in [1.165, 1.54) is 31.4 Å². The first-order valence-corrected chi connectivity index (χ1v) is 13.6. The number of nitrogens with one attached hydrogen (secondary N) is 2. The summed E-state index contributed by atoms with van der Waals surface area (Å²) in [5, 5.41) is 5.36. The molecule has 0 saturated carbocycles. The second-order valence-electron chi connectivity index (χ2n) is 8.75. The Kier molecular flexibility index (Phi) is 9.02. The Labute approximate surface area is 253 Å². The summed E-state index contributed by atoms with van der Waals surface area (Å²) in [6.45, 7) is 3.60. The molecular formula is C28H22Cl2IN3O6. The van der Waals surface area contributed by atoms with Crippen molar-refractivity contribution in [2.24, 2.45) is 0 Å². The number of urea groups is 1. The number of rotatable bonds is 7. The van der Waals surface area contributed by atoms with Crippen LogP contribution in [0, 0.1) is 17.4 Å². The van der Waals surface area contributed by atoms with Gasteiger partial charge in [0.15, 0.2) is 18.1 Å². The third kappa shape index (κ3) is 6.40. The number of hydrogen-bond donors (Lipinski definition) is 2. The summed E-state index contributed by atoms with van der Waals surface area (Å²) in [6.07, 6.45) is 1.33. The maximum absolute atomic E-state index is 13.2. The molecule has 9 nitrogen and oxygen atoms in total. The van der Waals surface area contributed by atoms with Crippen molar-refractivity contribution < 1.29 is 28.7 Å². The highest BCUT2D eigenvalue weighted by Crippen LogP contribution is 2.35. The van der Waals surface area contributed by atoms with Crippen LogP contribution < -0.4 is 25.0 Å². The van der Waals surface area contributed by atoms with Crippen LogP contribution >= 0.6 is 45.8 Å². The normalized spacial score (nSPS) is 14.3. The maximum Gasteiger partial charge on any atom is 0.335 e. The van der Waals surface area contributed by atoms with E-state index in [-0.39, 0.29) is 39.6 Å². The standard InChI is InChI=1S/C28H22Cl2IN3O6/c1-14-4-7-22(15(2)8-14)32-24(35)13-40-25-21(31)10-16(11-23(25)39-3)9-18-26(36)33-28(38)34(27(18)37)17-5-6-19(29)20(30)12-17/h4-12H,13H2,1-3H3,(H,32,35)(H,33,36,38)/b18-9-. The van der Waals surface area contributed by atoms with Crippen LogP contribution in [-0.2, 0) is 14.4 Å². The lowest BCUT2D eigenvalue weighted by molar-refractivity contribution is -0.122. The highest BCUT2D eigenvalue weighted by Gasteiger charge is 2.37. The zero-order chi connectivity index (χ0) is 29.1. The highest BCUT2D eigenvalue weighted by molar-refractivity contribution is 14.1. The van der Waals surface area contributed by atoms with Crippen LogP contribution in [0.3, 0.4) is 0 Å². The molecule has 1 aliphatic heterocycles. The number of carbonyl (C=O) groups excluding carboxylic acids is 4. The van der Waals surface area contributed by atoms with Crippen LogP contribution in [-0.4, -0.2) is 37.5 Å². The molecule has 40 heavy (non-hydrogen) atoms. The Hall–Kier alpha value is -3.61. The molecule has 206 valence electrons. The van der Waals surface area contributed by atoms with Gasteiger partial charge in [-0.2, -0.15) is 0 Å². The molecule has 1 saturated heterocycles. The first-order valence-electron chi connectivity index (χ1n) is 11.7. The van der Waals surface area contributed by atoms with Gasteiger partial charge >= 0.3 is 6.03 Å². The second-order valence-corrected chi connectivity index (χ2v) is 10.7. The molecule has 4 rings (SSSR count). The van der Waals surface area contributed by atoms with Gasteiger partial charge < -0.3 is 14.8 Å². The number of halogens is 3. The number of ether oxygens (including phenoxy) is 2. The zero-order valence-electron chi connectivity index (χ0n) is 21.4. The molecule has 1 heterocycles. The van der Waals surface area contributed by atoms with E-state index < -0.39 is 17.8 Å². The Morgan fingerprint density at radius 2 is 1.80 bits per heavy atom. The van der Waals surface area contributed by atoms with E-state index in [4.69, 9.17) is 32.7 Å². The number of nitrogens with zero attached hydrogens (tertiary/aromatic N) is 1. The molecule has 3 aromatic rings. The monoisotopic (exact) mass is 693 g/mol. The van der Waals surface area contributed by atoms with Gasteiger partial charge in [-0.3, -0.25) is 19.7 Å². The van der Waals surface area contributed by atoms with Crippen molar-refractivity contribution >= 4 is 87.0 Å². The van der Waals surface area contributed by atoms with Crippen LogP contribution in [0.4, 0.5) is 16.2 Å². The largest absolute Gasteiger partial charge is 0.493 e. The Morgan fingerprint density at radius 1 is 1.05 bits per heavy atom. The van der Waals surface area contributed by atoms with Gasteiger partial charge in [0.05, 0.1) is 26.4 Å². The second kappa shape index (κ2) is 12.3. The fourth-order valence-electron chi connectivity index (χ4n) is 3.92. The molecule has 0 radical (unpaired) electrons. The van der Waals surface area contributed by atoms with Crippen LogP contribution in [0.25, 0.3) is 6.08 Å². The van der Waals surface area contributed by atoms with Crippen molar-refractivity contribution in [2.75, 3.05) is 23.9 Å². The number of aryl methyl sites for hydroxylation is 2. The number of barbiturate groups is 1. The third-order valence-electron chi connectivity index (χ3n) is 5.83. The van der Waals surface area contributed by atoms with Crippen LogP contribution in [0.1, 0.15) is 16.7 Å². The lowest BCUT2D eigenvalue weighted by atomic mass is 10.1. The summed E-state index contributed by atoms with van der Waals surface area (Å²) in [5.41, 5.74) is 2.98. The number of carbonyl (C=O) groups is 4. The average Bonchev–Trinajstić information content (AvgIpc) is 2.89. The molecule has 2 N–H and O–H groups in total. The molecule has 5 amide bonds. The Balaban J connectivity index is 1.56. The molecule has 0 spiro atoms. The number of imide groups is 2. The minimum Gasteiger partial charge on any atom is -0.493 e. The summed E-state index contributed by atoms with van der Waals surface area (Å²) in [4.78, 5) is 51.6. The number of benzene rings is 3. The molecule has 0 aliphatic carbocycles. The highest BCUT2D eigenvalue weighted by atomic mass is 127. The van der Waals surface area contributed by atoms with Gasteiger partial charge in [0.25, 0.3) is 17.7 Å². The summed E-state index contributed by atoms with van der Waals surface area (Å²) in [7, 11) is 1.42. The number of amides is 5. The van der Waals surface area contributed by atoms with E-state index >= 15 is 0 Å². The van der Waals surface area contributed by atoms with Crippen LogP contribution in [0.5, 0.6) is 11.5 Å². The van der Waals surface area contributed by atoms with Gasteiger partial charge in [-0.25, -0.2) is 9.69 Å². The number of hydrogen-bond acceptors (Lipinski definition) is 6.